The third kappa shape index (κ3) is 7.56. The van der Waals surface area contributed by atoms with Crippen molar-refractivity contribution < 1.29 is 14.6 Å². The molecule has 7 heteroatoms. The van der Waals surface area contributed by atoms with E-state index in [2.05, 4.69) is 11.4 Å². The number of halogens is 1. The van der Waals surface area contributed by atoms with Gasteiger partial charge in [-0.2, -0.15) is 5.26 Å². The van der Waals surface area contributed by atoms with Gasteiger partial charge in [-0.1, -0.05) is 72.3 Å². The minimum atomic E-state index is -0.959. The Morgan fingerprint density at radius 2 is 1.77 bits per heavy atom. The molecule has 2 unspecified atom stereocenters. The minimum Gasteiger partial charge on any atom is -0.394 e. The number of rotatable bonds is 11. The molecule has 0 aliphatic heterocycles. The molecule has 0 saturated carbocycles. The molecule has 4 rings (SSSR count). The highest BCUT2D eigenvalue weighted by Gasteiger charge is 2.25. The quantitative estimate of drug-likeness (QED) is 0.217. The lowest BCUT2D eigenvalue weighted by Crippen LogP contribution is -2.50. The molecule has 4 N–H and O–H groups in total. The van der Waals surface area contributed by atoms with E-state index < -0.39 is 5.54 Å². The molecule has 0 aromatic heterocycles. The zero-order chi connectivity index (χ0) is 28.5. The van der Waals surface area contributed by atoms with Crippen molar-refractivity contribution in [3.05, 3.63) is 130 Å². The molecular formula is C33H32ClN3O3. The number of amides is 1. The van der Waals surface area contributed by atoms with Gasteiger partial charge in [-0.3, -0.25) is 4.79 Å². The van der Waals surface area contributed by atoms with Gasteiger partial charge in [0.2, 0.25) is 0 Å². The second-order valence-corrected chi connectivity index (χ2v) is 10.4. The summed E-state index contributed by atoms with van der Waals surface area (Å²) in [5, 5.41) is 23.3. The van der Waals surface area contributed by atoms with Crippen molar-refractivity contribution in [3.8, 4) is 17.2 Å². The zero-order valence-corrected chi connectivity index (χ0v) is 23.1. The van der Waals surface area contributed by atoms with Gasteiger partial charge < -0.3 is 20.9 Å². The highest BCUT2D eigenvalue weighted by atomic mass is 35.5. The van der Waals surface area contributed by atoms with E-state index in [0.717, 1.165) is 27.8 Å². The number of hydrogen-bond donors (Lipinski definition) is 3. The normalized spacial score (nSPS) is 13.2. The summed E-state index contributed by atoms with van der Waals surface area (Å²) < 4.78 is 6.00. The summed E-state index contributed by atoms with van der Waals surface area (Å²) in [5.74, 6) is -0.266. The molecule has 0 heterocycles. The Hall–Kier alpha value is -3.99. The summed E-state index contributed by atoms with van der Waals surface area (Å²) in [5.41, 5.74) is 10.5. The molecule has 204 valence electrons. The van der Waals surface area contributed by atoms with Crippen molar-refractivity contribution in [1.82, 2.24) is 5.32 Å². The van der Waals surface area contributed by atoms with Crippen LogP contribution in [0, 0.1) is 11.3 Å². The number of nitrogens with zero attached hydrogens (tertiary/aromatic N) is 1. The number of aliphatic hydroxyl groups is 1. The first-order chi connectivity index (χ1) is 19.3. The van der Waals surface area contributed by atoms with Crippen LogP contribution in [0.2, 0.25) is 5.02 Å². The van der Waals surface area contributed by atoms with Crippen molar-refractivity contribution in [2.24, 2.45) is 5.73 Å². The summed E-state index contributed by atoms with van der Waals surface area (Å²) in [6.07, 6.45) is 0.453. The Bertz CT molecular complexity index is 1500. The second kappa shape index (κ2) is 13.4. The van der Waals surface area contributed by atoms with Crippen LogP contribution >= 0.6 is 11.6 Å². The van der Waals surface area contributed by atoms with Crippen LogP contribution in [0.15, 0.2) is 97.1 Å². The van der Waals surface area contributed by atoms with E-state index in [1.54, 1.807) is 30.3 Å². The van der Waals surface area contributed by atoms with Crippen LogP contribution in [0.4, 0.5) is 0 Å². The summed E-state index contributed by atoms with van der Waals surface area (Å²) in [7, 11) is 0. The first-order valence-electron chi connectivity index (χ1n) is 13.0. The van der Waals surface area contributed by atoms with E-state index in [1.165, 1.54) is 0 Å². The third-order valence-electron chi connectivity index (χ3n) is 6.68. The third-order valence-corrected chi connectivity index (χ3v) is 6.92. The number of aliphatic hydroxyl groups excluding tert-OH is 1. The maximum absolute atomic E-state index is 13.4. The van der Waals surface area contributed by atoms with E-state index in [1.807, 2.05) is 73.7 Å². The van der Waals surface area contributed by atoms with Crippen molar-refractivity contribution in [1.29, 1.82) is 5.26 Å². The molecule has 6 nitrogen and oxygen atoms in total. The molecule has 0 radical (unpaired) electrons. The van der Waals surface area contributed by atoms with Gasteiger partial charge in [-0.25, -0.2) is 0 Å². The first-order valence-corrected chi connectivity index (χ1v) is 13.4. The summed E-state index contributed by atoms with van der Waals surface area (Å²) in [4.78, 5) is 13.4. The lowest BCUT2D eigenvalue weighted by molar-refractivity contribution is 0.0457. The topological polar surface area (TPSA) is 108 Å². The molecule has 1 amide bonds. The van der Waals surface area contributed by atoms with Crippen LogP contribution < -0.4 is 11.1 Å². The van der Waals surface area contributed by atoms with Gasteiger partial charge in [0.1, 0.15) is 0 Å². The number of carbonyl (C=O) groups is 1. The molecule has 0 bridgehead atoms. The van der Waals surface area contributed by atoms with E-state index >= 15 is 0 Å². The molecule has 0 spiro atoms. The maximum Gasteiger partial charge on any atom is 0.251 e. The summed E-state index contributed by atoms with van der Waals surface area (Å²) in [6.45, 7) is 1.93. The van der Waals surface area contributed by atoms with Gasteiger partial charge in [0.05, 0.1) is 43.0 Å². The molecule has 0 fully saturated rings. The highest BCUT2D eigenvalue weighted by molar-refractivity contribution is 6.30. The van der Waals surface area contributed by atoms with Gasteiger partial charge in [0.25, 0.3) is 5.91 Å². The summed E-state index contributed by atoms with van der Waals surface area (Å²) >= 11 is 6.14. The van der Waals surface area contributed by atoms with Crippen molar-refractivity contribution in [3.63, 3.8) is 0 Å². The minimum absolute atomic E-state index is 0.116. The van der Waals surface area contributed by atoms with Gasteiger partial charge in [-0.05, 0) is 77.6 Å². The number of benzene rings is 4. The Labute approximate surface area is 240 Å². The summed E-state index contributed by atoms with van der Waals surface area (Å²) in [6, 6.07) is 31.7. The number of carbonyl (C=O) groups excluding carboxylic acids is 1. The number of nitrogens with two attached hydrogens (primary N) is 1. The standard InChI is InChI=1S/C33H32ClN3O3/c1-23(26-11-7-12-30(34)17-26)37-32(39)29-15-25(14-28(16-29)31-13-6-5-10-27(31)19-35)20-40-22-33(36,21-38)18-24-8-3-2-4-9-24/h2-17,23,38H,18,20-22,36H2,1H3,(H,37,39). The average molecular weight is 554 g/mol. The Balaban J connectivity index is 1.57. The fraction of sp³-hybridized carbons (Fsp3) is 0.212. The Morgan fingerprint density at radius 3 is 2.50 bits per heavy atom. The monoisotopic (exact) mass is 553 g/mol. The first kappa shape index (κ1) is 29.0. The second-order valence-electron chi connectivity index (χ2n) is 10.0. The van der Waals surface area contributed by atoms with Crippen LogP contribution in [0.1, 0.15) is 45.6 Å². The average Bonchev–Trinajstić information content (AvgIpc) is 2.97. The van der Waals surface area contributed by atoms with Crippen molar-refractivity contribution in [2.75, 3.05) is 13.2 Å². The molecule has 4 aromatic carbocycles. The largest absolute Gasteiger partial charge is 0.394 e. The van der Waals surface area contributed by atoms with Gasteiger partial charge in [-0.15, -0.1) is 0 Å². The number of hydrogen-bond acceptors (Lipinski definition) is 5. The zero-order valence-electron chi connectivity index (χ0n) is 22.3. The lowest BCUT2D eigenvalue weighted by atomic mass is 9.93. The molecule has 2 atom stereocenters. The fourth-order valence-electron chi connectivity index (χ4n) is 4.56. The van der Waals surface area contributed by atoms with Crippen LogP contribution in [-0.4, -0.2) is 29.8 Å². The van der Waals surface area contributed by atoms with Gasteiger partial charge >= 0.3 is 0 Å². The SMILES string of the molecule is CC(NC(=O)c1cc(COCC(N)(CO)Cc2ccccc2)cc(-c2ccccc2C#N)c1)c1cccc(Cl)c1. The molecule has 0 aliphatic carbocycles. The Kier molecular flexibility index (Phi) is 9.70. The molecule has 0 saturated heterocycles. The van der Waals surface area contributed by atoms with Crippen LogP contribution in [0.5, 0.6) is 0 Å². The van der Waals surface area contributed by atoms with E-state index in [4.69, 9.17) is 22.1 Å². The van der Waals surface area contributed by atoms with Gasteiger partial charge in [0.15, 0.2) is 0 Å². The number of nitrogens with one attached hydrogen (secondary N) is 1. The van der Waals surface area contributed by atoms with Crippen LogP contribution in [-0.2, 0) is 17.8 Å². The van der Waals surface area contributed by atoms with Crippen LogP contribution in [0.25, 0.3) is 11.1 Å². The number of nitriles is 1. The molecular weight excluding hydrogens is 522 g/mol. The molecule has 0 aliphatic rings. The number of ether oxygens (including phenoxy) is 1. The highest BCUT2D eigenvalue weighted by Crippen LogP contribution is 2.27. The van der Waals surface area contributed by atoms with E-state index in [-0.39, 0.29) is 31.8 Å². The van der Waals surface area contributed by atoms with E-state index in [0.29, 0.717) is 22.6 Å². The predicted molar refractivity (Wildman–Crippen MR) is 158 cm³/mol. The molecule has 40 heavy (non-hydrogen) atoms. The predicted octanol–water partition coefficient (Wildman–Crippen LogP) is 5.82. The Morgan fingerprint density at radius 1 is 1.02 bits per heavy atom. The lowest BCUT2D eigenvalue weighted by Gasteiger charge is -2.27. The maximum atomic E-state index is 13.4. The van der Waals surface area contributed by atoms with Crippen molar-refractivity contribution in [2.45, 2.75) is 31.5 Å². The fourth-order valence-corrected chi connectivity index (χ4v) is 4.76. The van der Waals surface area contributed by atoms with Crippen LogP contribution in [0.3, 0.4) is 0 Å². The smallest absolute Gasteiger partial charge is 0.251 e. The molecule has 4 aromatic rings. The van der Waals surface area contributed by atoms with E-state index in [9.17, 15) is 15.2 Å². The van der Waals surface area contributed by atoms with Crippen molar-refractivity contribution >= 4 is 17.5 Å². The van der Waals surface area contributed by atoms with Gasteiger partial charge in [0, 0.05) is 10.6 Å².